The predicted molar refractivity (Wildman–Crippen MR) is 480 cm³/mol. The number of hydrogen-bond acceptors (Lipinski definition) is 26. The van der Waals surface area contributed by atoms with Gasteiger partial charge in [-0.3, -0.25) is 14.4 Å². The molecule has 0 saturated carbocycles. The molecular formula is C83H83N9O13S9. The van der Waals surface area contributed by atoms with Gasteiger partial charge in [0.2, 0.25) is 5.70 Å². The number of fused-ring (bicyclic) bond motifs is 9. The van der Waals surface area contributed by atoms with Crippen molar-refractivity contribution < 1.29 is 62.5 Å². The van der Waals surface area contributed by atoms with Crippen LogP contribution in [0.3, 0.4) is 0 Å². The standard InChI is InChI=1S/C21H22N2O3S2.C18H22N2O4S2.C16H14N2S2.C15H16N2O3S2.C13H9NO3S/c1-21(2,3)26-20(25)16(22-4)11-14-12-18-19(27-14)15-7-6-13(10-17(15)28-18)23(5)8-9-24;1-18(2,3)24-17(21)10(19-4)9-11-12(22-7)14-15(25-11)13(23-8)16(26-14)20(5)6;1-10(17-2)7-12-9-15-16(19-12)13-6-5-11(18(3)4)8-14(13)20-15;1-8(18)9(16-2)7-10-11(19-5)13-14(21-10)12(20-6)15(22-13)17(3)4;1-14-11(13(16)17-2)7-10-5-8-3-4-9(15)6-12(8)18-10/h6-7,10-12,24H,8-9H2,1-3,5H3;9H,1-3,5-8H3;5-9H,1,3-4H3;7H,1,3-6H3;3-7,15H,2H3/b16-11-;10-9-;10-7-;9-7-;11-7-. The van der Waals surface area contributed by atoms with E-state index in [-0.39, 0.29) is 40.9 Å². The number of phenols is 1. The van der Waals surface area contributed by atoms with E-state index in [1.165, 1.54) is 94.9 Å². The summed E-state index contributed by atoms with van der Waals surface area (Å²) in [6.07, 6.45) is 8.16. The largest absolute Gasteiger partial charge is 0.508 e. The maximum atomic E-state index is 12.2. The fraction of sp³-hybridized carbons (Fsp3) is 0.289. The third-order valence-electron chi connectivity index (χ3n) is 15.8. The van der Waals surface area contributed by atoms with E-state index >= 15 is 0 Å². The van der Waals surface area contributed by atoms with Crippen LogP contribution in [0.2, 0.25) is 0 Å². The number of aromatic hydroxyl groups is 1. The highest BCUT2D eigenvalue weighted by Crippen LogP contribution is 2.55. The van der Waals surface area contributed by atoms with Crippen LogP contribution in [0.4, 0.5) is 21.4 Å². The number of ether oxygens (including phenoxy) is 7. The van der Waals surface area contributed by atoms with Crippen LogP contribution < -0.4 is 38.5 Å². The van der Waals surface area contributed by atoms with Crippen LogP contribution in [0.15, 0.2) is 101 Å². The summed E-state index contributed by atoms with van der Waals surface area (Å²) >= 11 is 14.2. The highest BCUT2D eigenvalue weighted by Gasteiger charge is 2.28. The van der Waals surface area contributed by atoms with Crippen molar-refractivity contribution in [3.63, 3.8) is 0 Å². The lowest BCUT2D eigenvalue weighted by molar-refractivity contribution is -0.150. The molecule has 0 bridgehead atoms. The fourth-order valence-electron chi connectivity index (χ4n) is 10.6. The molecule has 9 aromatic heterocycles. The number of aliphatic hydroxyl groups excluding tert-OH is 1. The molecule has 0 amide bonds. The van der Waals surface area contributed by atoms with Crippen LogP contribution in [0.1, 0.15) is 79.8 Å². The number of thiophene rings is 9. The predicted octanol–water partition coefficient (Wildman–Crippen LogP) is 22.2. The third kappa shape index (κ3) is 21.5. The van der Waals surface area contributed by atoms with Gasteiger partial charge in [0.05, 0.1) is 113 Å². The van der Waals surface area contributed by atoms with Gasteiger partial charge in [0, 0.05) is 116 Å². The van der Waals surface area contributed by atoms with Crippen LogP contribution in [0, 0.1) is 32.9 Å². The number of allylic oxidation sites excluding steroid dienone is 2. The zero-order valence-electron chi connectivity index (χ0n) is 66.3. The number of rotatable bonds is 19. The average Bonchev–Trinajstić information content (AvgIpc) is 1.59. The van der Waals surface area contributed by atoms with E-state index in [9.17, 15) is 24.3 Å². The lowest BCUT2D eigenvalue weighted by atomic mass is 10.2. The number of nitrogens with zero attached hydrogens (tertiary/aromatic N) is 9. The molecule has 22 nitrogen and oxygen atoms in total. The number of anilines is 4. The minimum absolute atomic E-state index is 0.0129. The molecule has 592 valence electrons. The van der Waals surface area contributed by atoms with Crippen molar-refractivity contribution in [2.45, 2.75) is 66.6 Å². The van der Waals surface area contributed by atoms with Gasteiger partial charge in [-0.05, 0) is 152 Å². The summed E-state index contributed by atoms with van der Waals surface area (Å²) in [7, 11) is 21.6. The molecule has 0 fully saturated rings. The molecule has 0 spiro atoms. The minimum Gasteiger partial charge on any atom is -0.508 e. The number of phenolic OH excluding ortho intramolecular Hbond substituents is 1. The SMILES string of the molecule is [C-]#[N+]/C(=C\c1cc2ccc(O)cc2s1)C(=O)OC.[C-]#[N+]/C(=C\c1cc2sc3cc(N(C)CCO)ccc3c2s1)C(=O)OC(C)(C)C.[C-]#[N+]/C(=C\c1sc2c(OC)c(N(C)C)sc2c1OC)C(=O)OC(C)(C)C.[C-]#[N+]/C(=C\c1sc2c(OC)c(N(C)C)sc2c1OC)C(C)=O.[C-]#[N+]/C(C)=C\c1cc2sc3cc(N(C)C)ccc3c2s1. The normalized spacial score (nSPS) is 11.8. The molecule has 12 rings (SSSR count). The van der Waals surface area contributed by atoms with Crippen LogP contribution in [0.25, 0.3) is 122 Å². The van der Waals surface area contributed by atoms with Crippen molar-refractivity contribution in [2.75, 3.05) is 118 Å². The number of hydrogen-bond donors (Lipinski definition) is 2. The molecule has 9 heterocycles. The molecule has 31 heteroatoms. The van der Waals surface area contributed by atoms with Crippen molar-refractivity contribution in [1.82, 2.24) is 0 Å². The zero-order chi connectivity index (χ0) is 84.0. The van der Waals surface area contributed by atoms with Gasteiger partial charge in [0.15, 0.2) is 34.5 Å². The van der Waals surface area contributed by atoms with E-state index in [1.54, 1.807) is 157 Å². The summed E-state index contributed by atoms with van der Waals surface area (Å²) in [4.78, 5) is 76.1. The van der Waals surface area contributed by atoms with Crippen molar-refractivity contribution in [3.05, 3.63) is 183 Å². The van der Waals surface area contributed by atoms with E-state index in [0.29, 0.717) is 22.9 Å². The number of ketones is 1. The highest BCUT2D eigenvalue weighted by molar-refractivity contribution is 7.34. The Balaban J connectivity index is 0.000000180. The molecule has 12 aromatic rings. The maximum Gasteiger partial charge on any atom is 0.336 e. The summed E-state index contributed by atoms with van der Waals surface area (Å²) < 4.78 is 49.4. The number of Topliss-reactive ketones (excluding diaryl/α,β-unsaturated/α-hetero) is 1. The van der Waals surface area contributed by atoms with Gasteiger partial charge in [0.1, 0.15) is 27.0 Å². The summed E-state index contributed by atoms with van der Waals surface area (Å²) in [5, 5.41) is 23.9. The van der Waals surface area contributed by atoms with E-state index < -0.39 is 29.1 Å². The lowest BCUT2D eigenvalue weighted by Crippen LogP contribution is -2.24. The smallest absolute Gasteiger partial charge is 0.336 e. The molecule has 114 heavy (non-hydrogen) atoms. The van der Waals surface area contributed by atoms with Gasteiger partial charge in [0.25, 0.3) is 17.1 Å². The summed E-state index contributed by atoms with van der Waals surface area (Å²) in [5.41, 5.74) is 1.68. The van der Waals surface area contributed by atoms with Crippen molar-refractivity contribution in [1.29, 1.82) is 0 Å². The molecular weight excluding hydrogens is 1620 g/mol. The van der Waals surface area contributed by atoms with Crippen LogP contribution in [0.5, 0.6) is 28.7 Å². The molecule has 0 aliphatic heterocycles. The molecule has 2 N–H and O–H groups in total. The minimum atomic E-state index is -0.662. The van der Waals surface area contributed by atoms with Crippen LogP contribution >= 0.6 is 102 Å². The first-order valence-electron chi connectivity index (χ1n) is 34.3. The number of carbonyl (C=O) groups excluding carboxylic acids is 4. The Labute approximate surface area is 698 Å². The van der Waals surface area contributed by atoms with E-state index in [0.717, 1.165) is 91.2 Å². The second-order valence-corrected chi connectivity index (χ2v) is 36.7. The first-order valence-corrected chi connectivity index (χ1v) is 41.7. The second-order valence-electron chi connectivity index (χ2n) is 27.2. The summed E-state index contributed by atoms with van der Waals surface area (Å²) in [6, 6.07) is 24.0. The Hall–Kier alpha value is -10.8. The molecule has 0 aliphatic rings. The molecule has 0 saturated heterocycles. The van der Waals surface area contributed by atoms with Gasteiger partial charge in [-0.25, -0.2) is 24.2 Å². The van der Waals surface area contributed by atoms with E-state index in [1.807, 2.05) is 92.5 Å². The Bertz CT molecular complexity index is 6010. The molecule has 0 unspecified atom stereocenters. The number of carbonyl (C=O) groups is 4. The van der Waals surface area contributed by atoms with Crippen molar-refractivity contribution in [3.8, 4) is 28.7 Å². The van der Waals surface area contributed by atoms with Gasteiger partial charge >= 0.3 is 17.9 Å². The first-order chi connectivity index (χ1) is 54.0. The summed E-state index contributed by atoms with van der Waals surface area (Å²) in [5.74, 6) is 0.913. The number of aliphatic hydroxyl groups is 1. The fourth-order valence-corrected chi connectivity index (χ4v) is 22.0. The lowest BCUT2D eigenvalue weighted by Gasteiger charge is -2.19. The van der Waals surface area contributed by atoms with Gasteiger partial charge in [-0.15, -0.1) is 102 Å². The van der Waals surface area contributed by atoms with Gasteiger partial charge in [-0.1, -0.05) is 12.1 Å². The quantitative estimate of drug-likeness (QED) is 0.0334. The summed E-state index contributed by atoms with van der Waals surface area (Å²) in [6.45, 7) is 50.3. The van der Waals surface area contributed by atoms with Gasteiger partial charge in [-0.2, -0.15) is 0 Å². The molecule has 3 aromatic carbocycles. The topological polar surface area (TPSA) is 208 Å². The molecule has 0 aliphatic carbocycles. The Morgan fingerprint density at radius 3 is 1.26 bits per heavy atom. The first kappa shape index (κ1) is 88.7. The number of likely N-dealkylation sites (N-methyl/N-ethyl adjacent to an activating group) is 1. The Morgan fingerprint density at radius 2 is 0.851 bits per heavy atom. The maximum absolute atomic E-state index is 12.2. The zero-order valence-corrected chi connectivity index (χ0v) is 73.7. The Kier molecular flexibility index (Phi) is 30.2. The average molecular weight is 1700 g/mol. The van der Waals surface area contributed by atoms with Crippen LogP contribution in [-0.4, -0.2) is 143 Å². The van der Waals surface area contributed by atoms with Crippen molar-refractivity contribution >= 4 is 245 Å². The number of benzene rings is 3. The van der Waals surface area contributed by atoms with Crippen LogP contribution in [-0.2, 0) is 33.4 Å². The van der Waals surface area contributed by atoms with E-state index in [4.69, 9.17) is 66.4 Å². The molecule has 0 radical (unpaired) electrons. The van der Waals surface area contributed by atoms with Crippen molar-refractivity contribution in [2.24, 2.45) is 0 Å². The number of methoxy groups -OCH3 is 5. The second kappa shape index (κ2) is 38.8. The monoisotopic (exact) mass is 1700 g/mol. The van der Waals surface area contributed by atoms with E-state index in [2.05, 4.69) is 84.4 Å². The third-order valence-corrected chi connectivity index (χ3v) is 26.7. The van der Waals surface area contributed by atoms with Gasteiger partial charge < -0.3 is 67.8 Å². The molecule has 0 atom stereocenters. The highest BCUT2D eigenvalue weighted by atomic mass is 32.1. The Morgan fingerprint density at radius 1 is 0.430 bits per heavy atom. The number of esters is 3.